The Balaban J connectivity index is 2.36. The van der Waals surface area contributed by atoms with E-state index in [2.05, 4.69) is 4.90 Å². The third-order valence-corrected chi connectivity index (χ3v) is 2.11. The topological polar surface area (TPSA) is 43.7 Å². The summed E-state index contributed by atoms with van der Waals surface area (Å²) in [6, 6.07) is 0. The van der Waals surface area contributed by atoms with Crippen LogP contribution in [0.5, 0.6) is 0 Å². The molecule has 0 spiro atoms. The summed E-state index contributed by atoms with van der Waals surface area (Å²) in [6.45, 7) is 5.50. The zero-order valence-corrected chi connectivity index (χ0v) is 6.54. The van der Waals surface area contributed by atoms with Gasteiger partial charge in [-0.25, -0.2) is 0 Å². The van der Waals surface area contributed by atoms with Gasteiger partial charge in [0.1, 0.15) is 0 Å². The molecule has 0 atom stereocenters. The lowest BCUT2D eigenvalue weighted by molar-refractivity contribution is -0.0716. The fraction of sp³-hybridized carbons (Fsp3) is 1.00. The van der Waals surface area contributed by atoms with Gasteiger partial charge >= 0.3 is 0 Å². The van der Waals surface area contributed by atoms with Crippen LogP contribution in [0.1, 0.15) is 13.8 Å². The molecule has 1 aliphatic heterocycles. The van der Waals surface area contributed by atoms with Crippen molar-refractivity contribution in [1.82, 2.24) is 4.90 Å². The fourth-order valence-corrected chi connectivity index (χ4v) is 1.05. The lowest BCUT2D eigenvalue weighted by Crippen LogP contribution is -2.61. The summed E-state index contributed by atoms with van der Waals surface area (Å²) in [6.07, 6.45) is -0.175. The van der Waals surface area contributed by atoms with E-state index in [1.807, 2.05) is 13.8 Å². The maximum absolute atomic E-state index is 8.95. The zero-order valence-electron chi connectivity index (χ0n) is 6.54. The van der Waals surface area contributed by atoms with Crippen molar-refractivity contribution in [3.8, 4) is 0 Å². The van der Waals surface area contributed by atoms with Gasteiger partial charge < -0.3 is 10.2 Å². The van der Waals surface area contributed by atoms with E-state index in [1.165, 1.54) is 0 Å². The number of β-amino-alcohol motifs (C(OH)–C–C–N with tert-alkyl or cyclic N) is 1. The van der Waals surface area contributed by atoms with E-state index in [0.717, 1.165) is 0 Å². The molecule has 1 heterocycles. The van der Waals surface area contributed by atoms with Crippen LogP contribution in [-0.4, -0.2) is 46.5 Å². The minimum absolute atomic E-state index is 0.152. The van der Waals surface area contributed by atoms with Crippen molar-refractivity contribution in [3.05, 3.63) is 0 Å². The third-order valence-electron chi connectivity index (χ3n) is 2.11. The van der Waals surface area contributed by atoms with Crippen molar-refractivity contribution in [2.75, 3.05) is 19.7 Å². The van der Waals surface area contributed by atoms with E-state index < -0.39 is 0 Å². The molecule has 1 aliphatic rings. The summed E-state index contributed by atoms with van der Waals surface area (Å²) in [5.74, 6) is 0. The van der Waals surface area contributed by atoms with Crippen LogP contribution in [0.25, 0.3) is 0 Å². The molecule has 3 heteroatoms. The smallest absolute Gasteiger partial charge is 0.0794 e. The Kier molecular flexibility index (Phi) is 1.99. The van der Waals surface area contributed by atoms with Gasteiger partial charge in [0.05, 0.1) is 12.7 Å². The minimum atomic E-state index is -0.175. The highest BCUT2D eigenvalue weighted by molar-refractivity contribution is 4.90. The van der Waals surface area contributed by atoms with E-state index >= 15 is 0 Å². The summed E-state index contributed by atoms with van der Waals surface area (Å²) < 4.78 is 0. The summed E-state index contributed by atoms with van der Waals surface area (Å²) in [5.41, 5.74) is -0.154. The fourth-order valence-electron chi connectivity index (χ4n) is 1.05. The highest BCUT2D eigenvalue weighted by atomic mass is 16.3. The zero-order chi connectivity index (χ0) is 7.78. The molecule has 0 aliphatic carbocycles. The van der Waals surface area contributed by atoms with Gasteiger partial charge in [0.15, 0.2) is 0 Å². The van der Waals surface area contributed by atoms with Gasteiger partial charge in [-0.05, 0) is 13.8 Å². The number of likely N-dealkylation sites (tertiary alicyclic amines) is 1. The summed E-state index contributed by atoms with van der Waals surface area (Å²) >= 11 is 0. The second kappa shape index (κ2) is 2.49. The van der Waals surface area contributed by atoms with E-state index in [4.69, 9.17) is 10.2 Å². The Labute approximate surface area is 61.3 Å². The minimum Gasteiger partial charge on any atom is -0.394 e. The van der Waals surface area contributed by atoms with Crippen molar-refractivity contribution in [3.63, 3.8) is 0 Å². The molecule has 0 aromatic rings. The average molecular weight is 145 g/mol. The van der Waals surface area contributed by atoms with Crippen LogP contribution in [0, 0.1) is 0 Å². The molecule has 2 N–H and O–H groups in total. The Hall–Kier alpha value is -0.120. The van der Waals surface area contributed by atoms with Gasteiger partial charge in [0.2, 0.25) is 0 Å². The molecule has 1 saturated heterocycles. The van der Waals surface area contributed by atoms with Crippen molar-refractivity contribution in [2.24, 2.45) is 0 Å². The lowest BCUT2D eigenvalue weighted by atomic mass is 9.98. The maximum Gasteiger partial charge on any atom is 0.0794 e. The maximum atomic E-state index is 8.95. The predicted octanol–water partition coefficient (Wildman–Crippen LogP) is -0.566. The van der Waals surface area contributed by atoms with Crippen molar-refractivity contribution in [2.45, 2.75) is 25.5 Å². The van der Waals surface area contributed by atoms with Gasteiger partial charge in [-0.15, -0.1) is 0 Å². The SMILES string of the molecule is CC(C)(CO)N1CC(O)C1. The van der Waals surface area contributed by atoms with Crippen LogP contribution < -0.4 is 0 Å². The van der Waals surface area contributed by atoms with Gasteiger partial charge in [-0.3, -0.25) is 4.90 Å². The van der Waals surface area contributed by atoms with Gasteiger partial charge in [0.25, 0.3) is 0 Å². The lowest BCUT2D eigenvalue weighted by Gasteiger charge is -2.46. The van der Waals surface area contributed by atoms with Crippen LogP contribution in [0.4, 0.5) is 0 Å². The van der Waals surface area contributed by atoms with Crippen LogP contribution in [0.3, 0.4) is 0 Å². The molecule has 0 amide bonds. The molecular formula is C7H15NO2. The van der Waals surface area contributed by atoms with Crippen LogP contribution in [0.15, 0.2) is 0 Å². The second-order valence-corrected chi connectivity index (χ2v) is 3.53. The molecule has 0 aromatic carbocycles. The van der Waals surface area contributed by atoms with Crippen molar-refractivity contribution >= 4 is 0 Å². The molecule has 1 fully saturated rings. The standard InChI is InChI=1S/C7H15NO2/c1-7(2,5-9)8-3-6(10)4-8/h6,9-10H,3-5H2,1-2H3. The number of aliphatic hydroxyl groups is 2. The molecule has 10 heavy (non-hydrogen) atoms. The highest BCUT2D eigenvalue weighted by Gasteiger charge is 2.35. The van der Waals surface area contributed by atoms with Gasteiger partial charge in [-0.1, -0.05) is 0 Å². The highest BCUT2D eigenvalue weighted by Crippen LogP contribution is 2.20. The van der Waals surface area contributed by atoms with Crippen molar-refractivity contribution in [1.29, 1.82) is 0 Å². The van der Waals surface area contributed by atoms with Crippen LogP contribution in [0.2, 0.25) is 0 Å². The number of hydrogen-bond donors (Lipinski definition) is 2. The molecule has 3 nitrogen and oxygen atoms in total. The summed E-state index contributed by atoms with van der Waals surface area (Å²) in [7, 11) is 0. The normalized spacial score (nSPS) is 22.8. The Morgan fingerprint density at radius 1 is 1.50 bits per heavy atom. The Morgan fingerprint density at radius 2 is 2.00 bits per heavy atom. The first-order valence-corrected chi connectivity index (χ1v) is 3.60. The average Bonchev–Trinajstić information content (AvgIpc) is 1.81. The van der Waals surface area contributed by atoms with Crippen LogP contribution >= 0.6 is 0 Å². The van der Waals surface area contributed by atoms with E-state index in [-0.39, 0.29) is 18.2 Å². The molecule has 0 unspecified atom stereocenters. The largest absolute Gasteiger partial charge is 0.394 e. The molecular weight excluding hydrogens is 130 g/mol. The Morgan fingerprint density at radius 3 is 2.30 bits per heavy atom. The van der Waals surface area contributed by atoms with Gasteiger partial charge in [-0.2, -0.15) is 0 Å². The predicted molar refractivity (Wildman–Crippen MR) is 38.7 cm³/mol. The van der Waals surface area contributed by atoms with E-state index in [1.54, 1.807) is 0 Å². The summed E-state index contributed by atoms with van der Waals surface area (Å²) in [5, 5.41) is 17.8. The molecule has 60 valence electrons. The number of aliphatic hydroxyl groups excluding tert-OH is 2. The van der Waals surface area contributed by atoms with Crippen LogP contribution in [-0.2, 0) is 0 Å². The molecule has 0 aromatic heterocycles. The first-order chi connectivity index (χ1) is 4.56. The molecule has 0 saturated carbocycles. The molecule has 0 radical (unpaired) electrons. The Bertz CT molecular complexity index is 119. The molecule has 0 bridgehead atoms. The first-order valence-electron chi connectivity index (χ1n) is 3.60. The monoisotopic (exact) mass is 145 g/mol. The quantitative estimate of drug-likeness (QED) is 0.547. The number of rotatable bonds is 2. The summed E-state index contributed by atoms with van der Waals surface area (Å²) in [4.78, 5) is 2.07. The first kappa shape index (κ1) is 7.98. The van der Waals surface area contributed by atoms with E-state index in [9.17, 15) is 0 Å². The molecule has 1 rings (SSSR count). The van der Waals surface area contributed by atoms with E-state index in [0.29, 0.717) is 13.1 Å². The number of nitrogens with zero attached hydrogens (tertiary/aromatic N) is 1. The van der Waals surface area contributed by atoms with Gasteiger partial charge in [0, 0.05) is 18.6 Å². The second-order valence-electron chi connectivity index (χ2n) is 3.53. The third kappa shape index (κ3) is 1.31. The van der Waals surface area contributed by atoms with Crippen molar-refractivity contribution < 1.29 is 10.2 Å². The number of hydrogen-bond acceptors (Lipinski definition) is 3.